The molecule has 0 aliphatic carbocycles. The minimum atomic E-state index is -0.584. The highest BCUT2D eigenvalue weighted by Gasteiger charge is 2.15. The number of hydrogen-bond acceptors (Lipinski definition) is 4. The quantitative estimate of drug-likeness (QED) is 0.776. The normalized spacial score (nSPS) is 10.1. The molecule has 2 aromatic carbocycles. The fraction of sp³-hybridized carbons (Fsp3) is 0.176. The minimum Gasteiger partial charge on any atom is -0.493 e. The van der Waals surface area contributed by atoms with E-state index in [0.29, 0.717) is 18.1 Å². The van der Waals surface area contributed by atoms with Gasteiger partial charge < -0.3 is 9.47 Å². The van der Waals surface area contributed by atoms with Gasteiger partial charge in [0, 0.05) is 5.56 Å². The van der Waals surface area contributed by atoms with Crippen molar-refractivity contribution in [3.8, 4) is 11.5 Å². The summed E-state index contributed by atoms with van der Waals surface area (Å²) < 4.78 is 10.6. The number of ether oxygens (including phenoxy) is 2. The van der Waals surface area contributed by atoms with E-state index < -0.39 is 11.8 Å². The molecule has 0 bridgehead atoms. The Bertz CT molecular complexity index is 796. The van der Waals surface area contributed by atoms with Crippen molar-refractivity contribution < 1.29 is 19.1 Å². The molecule has 0 fully saturated rings. The van der Waals surface area contributed by atoms with E-state index in [4.69, 9.17) is 32.7 Å². The van der Waals surface area contributed by atoms with Gasteiger partial charge in [-0.2, -0.15) is 0 Å². The van der Waals surface area contributed by atoms with Crippen LogP contribution in [-0.4, -0.2) is 25.5 Å². The third-order valence-electron chi connectivity index (χ3n) is 3.21. The van der Waals surface area contributed by atoms with Crippen LogP contribution in [0, 0.1) is 0 Å². The van der Waals surface area contributed by atoms with Crippen LogP contribution in [0.15, 0.2) is 36.4 Å². The maximum Gasteiger partial charge on any atom is 0.271 e. The highest BCUT2D eigenvalue weighted by molar-refractivity contribution is 6.43. The highest BCUT2D eigenvalue weighted by atomic mass is 35.5. The highest BCUT2D eigenvalue weighted by Crippen LogP contribution is 2.28. The first kappa shape index (κ1) is 18.9. The van der Waals surface area contributed by atoms with E-state index in [9.17, 15) is 9.59 Å². The van der Waals surface area contributed by atoms with E-state index in [-0.39, 0.29) is 21.2 Å². The molecule has 0 aromatic heterocycles. The molecule has 25 heavy (non-hydrogen) atoms. The Morgan fingerprint density at radius 3 is 2.44 bits per heavy atom. The summed E-state index contributed by atoms with van der Waals surface area (Å²) in [6.45, 7) is 2.31. The third-order valence-corrected chi connectivity index (χ3v) is 4.03. The summed E-state index contributed by atoms with van der Waals surface area (Å²) >= 11 is 11.8. The molecule has 6 nitrogen and oxygen atoms in total. The number of carbonyl (C=O) groups excluding carboxylic acids is 2. The van der Waals surface area contributed by atoms with Gasteiger partial charge in [0.15, 0.2) is 11.5 Å². The average Bonchev–Trinajstić information content (AvgIpc) is 2.62. The molecule has 0 atom stereocenters. The van der Waals surface area contributed by atoms with Gasteiger partial charge in [0.2, 0.25) is 0 Å². The first-order valence-electron chi connectivity index (χ1n) is 7.33. The van der Waals surface area contributed by atoms with Crippen molar-refractivity contribution in [3.63, 3.8) is 0 Å². The largest absolute Gasteiger partial charge is 0.493 e. The van der Waals surface area contributed by atoms with Crippen LogP contribution in [0.4, 0.5) is 0 Å². The summed E-state index contributed by atoms with van der Waals surface area (Å²) in [4.78, 5) is 24.3. The maximum atomic E-state index is 12.2. The summed E-state index contributed by atoms with van der Waals surface area (Å²) in [7, 11) is 1.47. The predicted octanol–water partition coefficient (Wildman–Crippen LogP) is 3.48. The molecule has 2 N–H and O–H groups in total. The lowest BCUT2D eigenvalue weighted by Gasteiger charge is -2.12. The predicted molar refractivity (Wildman–Crippen MR) is 95.6 cm³/mol. The third kappa shape index (κ3) is 4.55. The molecule has 2 amide bonds. The standard InChI is InChI=1S/C17H16Cl2N2O4/c1-3-25-13-8-7-10(9-14(13)24-2)16(22)20-21-17(23)11-5-4-6-12(18)15(11)19/h4-9H,3H2,1-2H3,(H,20,22)(H,21,23). The molecular weight excluding hydrogens is 367 g/mol. The molecule has 0 saturated heterocycles. The molecule has 0 saturated carbocycles. The minimum absolute atomic E-state index is 0.110. The first-order chi connectivity index (χ1) is 12.0. The van der Waals surface area contributed by atoms with Crippen LogP contribution in [0.2, 0.25) is 10.0 Å². The Morgan fingerprint density at radius 1 is 1.04 bits per heavy atom. The summed E-state index contributed by atoms with van der Waals surface area (Å²) in [5.74, 6) is -0.165. The SMILES string of the molecule is CCOc1ccc(C(=O)NNC(=O)c2cccc(Cl)c2Cl)cc1OC. The van der Waals surface area contributed by atoms with Crippen molar-refractivity contribution in [2.45, 2.75) is 6.92 Å². The topological polar surface area (TPSA) is 76.7 Å². The molecule has 0 aliphatic heterocycles. The van der Waals surface area contributed by atoms with Gasteiger partial charge in [0.1, 0.15) is 0 Å². The Hall–Kier alpha value is -2.44. The zero-order valence-corrected chi connectivity index (χ0v) is 15.1. The Labute approximate surface area is 155 Å². The number of rotatable bonds is 5. The van der Waals surface area contributed by atoms with Crippen LogP contribution in [0.5, 0.6) is 11.5 Å². The first-order valence-corrected chi connectivity index (χ1v) is 8.09. The van der Waals surface area contributed by atoms with E-state index in [1.54, 1.807) is 24.3 Å². The van der Waals surface area contributed by atoms with Crippen molar-refractivity contribution in [1.29, 1.82) is 0 Å². The van der Waals surface area contributed by atoms with Gasteiger partial charge in [-0.25, -0.2) is 0 Å². The second-order valence-corrected chi connectivity index (χ2v) is 5.59. The fourth-order valence-electron chi connectivity index (χ4n) is 2.02. The number of halogens is 2. The number of hydrazine groups is 1. The van der Waals surface area contributed by atoms with Gasteiger partial charge in [-0.15, -0.1) is 0 Å². The number of methoxy groups -OCH3 is 1. The maximum absolute atomic E-state index is 12.2. The molecular formula is C17H16Cl2N2O4. The van der Waals surface area contributed by atoms with Crippen LogP contribution in [0.1, 0.15) is 27.6 Å². The molecule has 0 heterocycles. The molecule has 132 valence electrons. The molecule has 2 rings (SSSR count). The van der Waals surface area contributed by atoms with E-state index in [1.165, 1.54) is 19.2 Å². The Kier molecular flexibility index (Phi) is 6.50. The second kappa shape index (κ2) is 8.60. The summed E-state index contributed by atoms with van der Waals surface area (Å²) in [6.07, 6.45) is 0. The number of benzene rings is 2. The summed E-state index contributed by atoms with van der Waals surface area (Å²) in [6, 6.07) is 9.33. The average molecular weight is 383 g/mol. The van der Waals surface area contributed by atoms with Gasteiger partial charge >= 0.3 is 0 Å². The molecule has 2 aromatic rings. The lowest BCUT2D eigenvalue weighted by Crippen LogP contribution is -2.41. The zero-order chi connectivity index (χ0) is 18.4. The number of hydrogen-bond donors (Lipinski definition) is 2. The summed E-state index contributed by atoms with van der Waals surface area (Å²) in [5, 5.41) is 0.357. The summed E-state index contributed by atoms with van der Waals surface area (Å²) in [5.41, 5.74) is 5.04. The zero-order valence-electron chi connectivity index (χ0n) is 13.6. The number of amides is 2. The lowest BCUT2D eigenvalue weighted by atomic mass is 10.2. The van der Waals surface area contributed by atoms with E-state index >= 15 is 0 Å². The van der Waals surface area contributed by atoms with E-state index in [1.807, 2.05) is 6.92 Å². The number of nitrogens with one attached hydrogen (secondary N) is 2. The molecule has 0 aliphatic rings. The lowest BCUT2D eigenvalue weighted by molar-refractivity contribution is 0.0846. The molecule has 0 spiro atoms. The van der Waals surface area contributed by atoms with E-state index in [2.05, 4.69) is 10.9 Å². The van der Waals surface area contributed by atoms with Crippen molar-refractivity contribution in [2.75, 3.05) is 13.7 Å². The van der Waals surface area contributed by atoms with Crippen molar-refractivity contribution in [3.05, 3.63) is 57.6 Å². The van der Waals surface area contributed by atoms with Crippen molar-refractivity contribution >= 4 is 35.0 Å². The molecule has 8 heteroatoms. The van der Waals surface area contributed by atoms with Crippen LogP contribution in [0.3, 0.4) is 0 Å². The van der Waals surface area contributed by atoms with Crippen LogP contribution in [-0.2, 0) is 0 Å². The van der Waals surface area contributed by atoms with Crippen LogP contribution < -0.4 is 20.3 Å². The van der Waals surface area contributed by atoms with Crippen LogP contribution in [0.25, 0.3) is 0 Å². The van der Waals surface area contributed by atoms with Gasteiger partial charge in [-0.3, -0.25) is 20.4 Å². The smallest absolute Gasteiger partial charge is 0.271 e. The number of carbonyl (C=O) groups is 2. The molecule has 0 radical (unpaired) electrons. The van der Waals surface area contributed by atoms with Crippen molar-refractivity contribution in [2.24, 2.45) is 0 Å². The van der Waals surface area contributed by atoms with Crippen molar-refractivity contribution in [1.82, 2.24) is 10.9 Å². The Balaban J connectivity index is 2.07. The van der Waals surface area contributed by atoms with Gasteiger partial charge in [0.25, 0.3) is 11.8 Å². The van der Waals surface area contributed by atoms with Gasteiger partial charge in [0.05, 0.1) is 29.3 Å². The monoisotopic (exact) mass is 382 g/mol. The fourth-order valence-corrected chi connectivity index (χ4v) is 2.40. The molecule has 0 unspecified atom stereocenters. The Morgan fingerprint density at radius 2 is 1.76 bits per heavy atom. The second-order valence-electron chi connectivity index (χ2n) is 4.81. The van der Waals surface area contributed by atoms with Gasteiger partial charge in [-0.1, -0.05) is 29.3 Å². The van der Waals surface area contributed by atoms with Gasteiger partial charge in [-0.05, 0) is 37.3 Å². The van der Waals surface area contributed by atoms with E-state index in [0.717, 1.165) is 0 Å². The van der Waals surface area contributed by atoms with Crippen LogP contribution >= 0.6 is 23.2 Å².